The van der Waals surface area contributed by atoms with E-state index in [1.165, 1.54) is 14.0 Å². The number of pyridine rings is 1. The van der Waals surface area contributed by atoms with Crippen LogP contribution in [0.2, 0.25) is 0 Å². The molecular weight excluding hydrogens is 354 g/mol. The average Bonchev–Trinajstić information content (AvgIpc) is 3.52. The lowest BCUT2D eigenvalue weighted by Gasteiger charge is -2.14. The highest BCUT2D eigenvalue weighted by Crippen LogP contribution is 2.40. The van der Waals surface area contributed by atoms with Crippen LogP contribution in [0.1, 0.15) is 41.7 Å². The number of methoxy groups -OCH3 is 1. The lowest BCUT2D eigenvalue weighted by atomic mass is 10.1. The fourth-order valence-electron chi connectivity index (χ4n) is 3.25. The molecule has 3 aromatic rings. The minimum atomic E-state index is -0.237. The van der Waals surface area contributed by atoms with Gasteiger partial charge < -0.3 is 15.4 Å². The maximum Gasteiger partial charge on any atom is 0.256 e. The number of nitrogens with one attached hydrogen (secondary N) is 2. The Balaban J connectivity index is 1.71. The molecule has 1 saturated carbocycles. The summed E-state index contributed by atoms with van der Waals surface area (Å²) in [6.45, 7) is 1.44. The molecule has 1 heterocycles. The summed E-state index contributed by atoms with van der Waals surface area (Å²) < 4.78 is 5.36. The number of carbonyl (C=O) groups excluding carboxylic acids is 2. The monoisotopic (exact) mass is 375 g/mol. The predicted octanol–water partition coefficient (Wildman–Crippen LogP) is 4.33. The number of anilines is 2. The Kier molecular flexibility index (Phi) is 4.69. The average molecular weight is 375 g/mol. The number of rotatable bonds is 5. The van der Waals surface area contributed by atoms with E-state index in [0.29, 0.717) is 28.6 Å². The second-order valence-electron chi connectivity index (χ2n) is 6.94. The van der Waals surface area contributed by atoms with Gasteiger partial charge >= 0.3 is 0 Å². The third kappa shape index (κ3) is 3.67. The largest absolute Gasteiger partial charge is 0.495 e. The minimum Gasteiger partial charge on any atom is -0.495 e. The van der Waals surface area contributed by atoms with Crippen LogP contribution in [0.5, 0.6) is 5.75 Å². The number of hydrogen-bond donors (Lipinski definition) is 2. The van der Waals surface area contributed by atoms with Gasteiger partial charge in [-0.2, -0.15) is 0 Å². The van der Waals surface area contributed by atoms with Gasteiger partial charge in [0.25, 0.3) is 5.91 Å². The van der Waals surface area contributed by atoms with Crippen molar-refractivity contribution >= 4 is 34.1 Å². The normalized spacial score (nSPS) is 13.2. The number of fused-ring (bicyclic) bond motifs is 1. The van der Waals surface area contributed by atoms with E-state index in [4.69, 9.17) is 9.72 Å². The summed E-state index contributed by atoms with van der Waals surface area (Å²) in [7, 11) is 1.54. The molecule has 0 atom stereocenters. The van der Waals surface area contributed by atoms with Gasteiger partial charge in [-0.05, 0) is 43.2 Å². The van der Waals surface area contributed by atoms with Crippen LogP contribution in [0.3, 0.4) is 0 Å². The summed E-state index contributed by atoms with van der Waals surface area (Å²) in [5.41, 5.74) is 3.44. The van der Waals surface area contributed by atoms with Gasteiger partial charge in [-0.25, -0.2) is 0 Å². The van der Waals surface area contributed by atoms with Gasteiger partial charge in [-0.3, -0.25) is 14.6 Å². The van der Waals surface area contributed by atoms with Gasteiger partial charge in [0, 0.05) is 29.6 Å². The van der Waals surface area contributed by atoms with Crippen LogP contribution >= 0.6 is 0 Å². The molecular formula is C22H21N3O3. The molecule has 2 aromatic carbocycles. The number of para-hydroxylation sites is 1. The SMILES string of the molecule is COc1ccc(NC(C)=O)cc1NC(=O)c1cc(C2CC2)nc2ccccc12. The maximum atomic E-state index is 13.1. The summed E-state index contributed by atoms with van der Waals surface area (Å²) in [5, 5.41) is 6.45. The maximum absolute atomic E-state index is 13.1. The lowest BCUT2D eigenvalue weighted by molar-refractivity contribution is -0.114. The second-order valence-corrected chi connectivity index (χ2v) is 6.94. The molecule has 2 amide bonds. The Morgan fingerprint density at radius 3 is 2.57 bits per heavy atom. The number of nitrogens with zero attached hydrogens (tertiary/aromatic N) is 1. The first-order valence-corrected chi connectivity index (χ1v) is 9.22. The van der Waals surface area contributed by atoms with Gasteiger partial charge in [-0.1, -0.05) is 18.2 Å². The Bertz CT molecular complexity index is 1070. The van der Waals surface area contributed by atoms with Gasteiger partial charge in [0.15, 0.2) is 0 Å². The van der Waals surface area contributed by atoms with Crippen LogP contribution in [-0.2, 0) is 4.79 Å². The van der Waals surface area contributed by atoms with Crippen molar-refractivity contribution in [3.63, 3.8) is 0 Å². The van der Waals surface area contributed by atoms with Gasteiger partial charge in [-0.15, -0.1) is 0 Å². The highest BCUT2D eigenvalue weighted by Gasteiger charge is 2.27. The van der Waals surface area contributed by atoms with Crippen LogP contribution in [-0.4, -0.2) is 23.9 Å². The van der Waals surface area contributed by atoms with Crippen LogP contribution in [0.25, 0.3) is 10.9 Å². The molecule has 0 bridgehead atoms. The summed E-state index contributed by atoms with van der Waals surface area (Å²) in [6.07, 6.45) is 2.22. The zero-order chi connectivity index (χ0) is 19.7. The summed E-state index contributed by atoms with van der Waals surface area (Å²) in [5.74, 6) is 0.535. The highest BCUT2D eigenvalue weighted by molar-refractivity contribution is 6.13. The molecule has 0 aliphatic heterocycles. The predicted molar refractivity (Wildman–Crippen MR) is 109 cm³/mol. The van der Waals surface area contributed by atoms with E-state index in [0.717, 1.165) is 29.4 Å². The standard InChI is InChI=1S/C22H21N3O3/c1-13(26)23-15-9-10-21(28-2)20(11-15)25-22(27)17-12-19(14-7-8-14)24-18-6-4-3-5-16(17)18/h3-6,9-12,14H,7-8H2,1-2H3,(H,23,26)(H,25,27). The first-order chi connectivity index (χ1) is 13.5. The van der Waals surface area contributed by atoms with Crippen molar-refractivity contribution in [2.75, 3.05) is 17.7 Å². The highest BCUT2D eigenvalue weighted by atomic mass is 16.5. The molecule has 0 unspecified atom stereocenters. The second kappa shape index (κ2) is 7.31. The van der Waals surface area contributed by atoms with Crippen molar-refractivity contribution in [2.45, 2.75) is 25.7 Å². The van der Waals surface area contributed by atoms with E-state index in [1.807, 2.05) is 30.3 Å². The van der Waals surface area contributed by atoms with Crippen LogP contribution in [0, 0.1) is 0 Å². The molecule has 6 nitrogen and oxygen atoms in total. The number of hydrogen-bond acceptors (Lipinski definition) is 4. The molecule has 1 fully saturated rings. The van der Waals surface area contributed by atoms with Gasteiger partial charge in [0.2, 0.25) is 5.91 Å². The molecule has 0 radical (unpaired) electrons. The Hall–Kier alpha value is -3.41. The zero-order valence-electron chi connectivity index (χ0n) is 15.8. The molecule has 0 saturated heterocycles. The van der Waals surface area contributed by atoms with Gasteiger partial charge in [0.1, 0.15) is 5.75 Å². The molecule has 1 aliphatic rings. The zero-order valence-corrected chi connectivity index (χ0v) is 15.8. The summed E-state index contributed by atoms with van der Waals surface area (Å²) in [6, 6.07) is 14.7. The number of carbonyl (C=O) groups is 2. The molecule has 4 rings (SSSR count). The molecule has 1 aromatic heterocycles. The third-order valence-corrected chi connectivity index (χ3v) is 4.74. The Labute approximate surface area is 162 Å². The van der Waals surface area contributed by atoms with E-state index >= 15 is 0 Å². The minimum absolute atomic E-state index is 0.184. The number of amides is 2. The number of benzene rings is 2. The smallest absolute Gasteiger partial charge is 0.256 e. The topological polar surface area (TPSA) is 80.3 Å². The van der Waals surface area contributed by atoms with E-state index in [-0.39, 0.29) is 11.8 Å². The Morgan fingerprint density at radius 1 is 1.07 bits per heavy atom. The summed E-state index contributed by atoms with van der Waals surface area (Å²) >= 11 is 0. The van der Waals surface area contributed by atoms with Crippen molar-refractivity contribution < 1.29 is 14.3 Å². The molecule has 1 aliphatic carbocycles. The third-order valence-electron chi connectivity index (χ3n) is 4.74. The van der Waals surface area contributed by atoms with Crippen molar-refractivity contribution in [2.24, 2.45) is 0 Å². The number of aromatic nitrogens is 1. The Morgan fingerprint density at radius 2 is 1.86 bits per heavy atom. The van der Waals surface area contributed by atoms with Crippen molar-refractivity contribution in [1.82, 2.24) is 4.98 Å². The lowest BCUT2D eigenvalue weighted by Crippen LogP contribution is -2.15. The first-order valence-electron chi connectivity index (χ1n) is 9.22. The molecule has 6 heteroatoms. The van der Waals surface area contributed by atoms with Crippen molar-refractivity contribution in [1.29, 1.82) is 0 Å². The quantitative estimate of drug-likeness (QED) is 0.695. The van der Waals surface area contributed by atoms with Crippen LogP contribution < -0.4 is 15.4 Å². The van der Waals surface area contributed by atoms with Crippen molar-refractivity contribution in [3.8, 4) is 5.75 Å². The fourth-order valence-corrected chi connectivity index (χ4v) is 3.25. The number of ether oxygens (including phenoxy) is 1. The van der Waals surface area contributed by atoms with Crippen LogP contribution in [0.15, 0.2) is 48.5 Å². The first kappa shape index (κ1) is 18.0. The van der Waals surface area contributed by atoms with Gasteiger partial charge in [0.05, 0.1) is 23.9 Å². The van der Waals surface area contributed by atoms with E-state index in [2.05, 4.69) is 10.6 Å². The van der Waals surface area contributed by atoms with Crippen molar-refractivity contribution in [3.05, 3.63) is 59.8 Å². The fraction of sp³-hybridized carbons (Fsp3) is 0.227. The van der Waals surface area contributed by atoms with E-state index < -0.39 is 0 Å². The summed E-state index contributed by atoms with van der Waals surface area (Å²) in [4.78, 5) is 29.2. The molecule has 28 heavy (non-hydrogen) atoms. The van der Waals surface area contributed by atoms with E-state index in [1.54, 1.807) is 18.2 Å². The molecule has 142 valence electrons. The van der Waals surface area contributed by atoms with E-state index in [9.17, 15) is 9.59 Å². The molecule has 2 N–H and O–H groups in total. The molecule has 0 spiro atoms. The van der Waals surface area contributed by atoms with Crippen LogP contribution in [0.4, 0.5) is 11.4 Å².